The number of likely N-dealkylation sites (tertiary alicyclic amines) is 1. The molecule has 0 radical (unpaired) electrons. The molecule has 0 aromatic heterocycles. The molecule has 2 aromatic carbocycles. The monoisotopic (exact) mass is 368 g/mol. The lowest BCUT2D eigenvalue weighted by Gasteiger charge is -2.24. The molecule has 6 heteroatoms. The lowest BCUT2D eigenvalue weighted by molar-refractivity contribution is -0.143. The van der Waals surface area contributed by atoms with Crippen molar-refractivity contribution in [1.82, 2.24) is 4.90 Å². The van der Waals surface area contributed by atoms with Crippen LogP contribution in [0.1, 0.15) is 12.8 Å². The van der Waals surface area contributed by atoms with Crippen LogP contribution in [0.2, 0.25) is 0 Å². The molecule has 1 aliphatic heterocycles. The Labute approximate surface area is 158 Å². The normalized spacial score (nSPS) is 15.9. The second-order valence-corrected chi connectivity index (χ2v) is 6.51. The highest BCUT2D eigenvalue weighted by Crippen LogP contribution is 2.23. The van der Waals surface area contributed by atoms with Crippen LogP contribution in [0.4, 0.5) is 5.69 Å². The number of aliphatic hydroxyl groups is 2. The van der Waals surface area contributed by atoms with Gasteiger partial charge in [0.25, 0.3) is 5.91 Å². The Bertz CT molecular complexity index is 771. The van der Waals surface area contributed by atoms with Crippen molar-refractivity contribution in [1.29, 1.82) is 0 Å². The Kier molecular flexibility index (Phi) is 6.11. The van der Waals surface area contributed by atoms with E-state index in [4.69, 9.17) is 4.74 Å². The summed E-state index contributed by atoms with van der Waals surface area (Å²) in [5.41, 5.74) is 0.826. The first kappa shape index (κ1) is 18.9. The summed E-state index contributed by atoms with van der Waals surface area (Å²) in [5.74, 6) is 0.943. The van der Waals surface area contributed by atoms with E-state index in [9.17, 15) is 15.0 Å². The molecule has 0 bridgehead atoms. The number of rotatable bonds is 7. The van der Waals surface area contributed by atoms with Crippen LogP contribution in [-0.4, -0.2) is 46.3 Å². The zero-order valence-electron chi connectivity index (χ0n) is 15.0. The van der Waals surface area contributed by atoms with Gasteiger partial charge in [-0.1, -0.05) is 24.8 Å². The van der Waals surface area contributed by atoms with Gasteiger partial charge >= 0.3 is 0 Å². The van der Waals surface area contributed by atoms with Crippen molar-refractivity contribution in [2.45, 2.75) is 25.0 Å². The smallest absolute Gasteiger partial charge is 0.254 e. The van der Waals surface area contributed by atoms with Gasteiger partial charge in [0, 0.05) is 24.5 Å². The molecule has 1 aliphatic rings. The molecule has 0 aliphatic carbocycles. The number of hydrogen-bond donors (Lipinski definition) is 3. The van der Waals surface area contributed by atoms with Gasteiger partial charge in [-0.25, -0.2) is 0 Å². The van der Waals surface area contributed by atoms with Crippen LogP contribution in [-0.2, 0) is 4.79 Å². The molecule has 3 N–H and O–H groups in total. The van der Waals surface area contributed by atoms with Crippen molar-refractivity contribution >= 4 is 11.6 Å². The van der Waals surface area contributed by atoms with Crippen LogP contribution in [0, 0.1) is 0 Å². The predicted molar refractivity (Wildman–Crippen MR) is 104 cm³/mol. The fourth-order valence-corrected chi connectivity index (χ4v) is 2.94. The summed E-state index contributed by atoms with van der Waals surface area (Å²) in [6.45, 7) is 4.98. The lowest BCUT2D eigenvalue weighted by atomic mass is 10.1. The molecule has 6 nitrogen and oxygen atoms in total. The van der Waals surface area contributed by atoms with Crippen LogP contribution in [0.25, 0.3) is 0 Å². The Balaban J connectivity index is 1.55. The summed E-state index contributed by atoms with van der Waals surface area (Å²) in [7, 11) is 0. The summed E-state index contributed by atoms with van der Waals surface area (Å²) in [4.78, 5) is 13.8. The molecule has 1 fully saturated rings. The first-order valence-corrected chi connectivity index (χ1v) is 8.98. The number of amides is 1. The van der Waals surface area contributed by atoms with Crippen molar-refractivity contribution in [3.63, 3.8) is 0 Å². The van der Waals surface area contributed by atoms with E-state index in [0.717, 1.165) is 18.6 Å². The number of benzene rings is 2. The molecule has 142 valence electrons. The van der Waals surface area contributed by atoms with E-state index in [1.807, 2.05) is 30.3 Å². The molecule has 0 unspecified atom stereocenters. The molecule has 27 heavy (non-hydrogen) atoms. The van der Waals surface area contributed by atoms with E-state index in [1.165, 1.54) is 0 Å². The van der Waals surface area contributed by atoms with E-state index < -0.39 is 18.1 Å². The Morgan fingerprint density at radius 2 is 1.56 bits per heavy atom. The lowest BCUT2D eigenvalue weighted by Crippen LogP contribution is -2.45. The van der Waals surface area contributed by atoms with Gasteiger partial charge in [-0.3, -0.25) is 4.79 Å². The van der Waals surface area contributed by atoms with Gasteiger partial charge in [-0.05, 0) is 49.2 Å². The minimum absolute atomic E-state index is 0.159. The van der Waals surface area contributed by atoms with Crippen molar-refractivity contribution in [2.75, 3.05) is 18.4 Å². The van der Waals surface area contributed by atoms with E-state index in [0.29, 0.717) is 24.5 Å². The number of anilines is 1. The van der Waals surface area contributed by atoms with Gasteiger partial charge in [-0.2, -0.15) is 0 Å². The minimum atomic E-state index is -1.52. The second kappa shape index (κ2) is 8.70. The number of aliphatic hydroxyl groups excluding tert-OH is 2. The molecule has 1 amide bonds. The Morgan fingerprint density at radius 3 is 2.19 bits per heavy atom. The van der Waals surface area contributed by atoms with Gasteiger partial charge in [0.15, 0.2) is 6.10 Å². The number of para-hydroxylation sites is 1. The topological polar surface area (TPSA) is 82.0 Å². The van der Waals surface area contributed by atoms with E-state index in [1.54, 1.807) is 29.2 Å². The minimum Gasteiger partial charge on any atom is -0.457 e. The van der Waals surface area contributed by atoms with Crippen molar-refractivity contribution in [2.24, 2.45) is 0 Å². The zero-order chi connectivity index (χ0) is 19.2. The van der Waals surface area contributed by atoms with Crippen molar-refractivity contribution in [3.8, 4) is 11.5 Å². The summed E-state index contributed by atoms with van der Waals surface area (Å²) in [6.07, 6.45) is -1.07. The molecule has 2 aromatic rings. The van der Waals surface area contributed by atoms with E-state index in [2.05, 4.69) is 11.9 Å². The van der Waals surface area contributed by atoms with Gasteiger partial charge < -0.3 is 25.2 Å². The second-order valence-electron chi connectivity index (χ2n) is 6.51. The van der Waals surface area contributed by atoms with Gasteiger partial charge in [-0.15, -0.1) is 0 Å². The van der Waals surface area contributed by atoms with Crippen LogP contribution in [0.5, 0.6) is 11.5 Å². The fraction of sp³-hybridized carbons (Fsp3) is 0.286. The standard InChI is InChI=1S/C21H24N2O4/c1-15(19(24)20(25)21(26)23-13-5-6-14-23)22-16-9-11-18(12-10-16)27-17-7-3-2-4-8-17/h2-4,7-12,19-20,22,24-25H,1,5-6,13-14H2/t19-,20+/m0/s1. The average molecular weight is 368 g/mol. The molecule has 0 saturated carbocycles. The van der Waals surface area contributed by atoms with Gasteiger partial charge in [0.1, 0.15) is 17.6 Å². The summed E-state index contributed by atoms with van der Waals surface area (Å²) in [6, 6.07) is 16.5. The highest BCUT2D eigenvalue weighted by molar-refractivity contribution is 5.82. The van der Waals surface area contributed by atoms with E-state index >= 15 is 0 Å². The number of carbonyl (C=O) groups is 1. The molecule has 3 rings (SSSR count). The Morgan fingerprint density at radius 1 is 0.963 bits per heavy atom. The molecule has 2 atom stereocenters. The number of ether oxygens (including phenoxy) is 1. The molecule has 0 spiro atoms. The number of nitrogens with one attached hydrogen (secondary N) is 1. The van der Waals surface area contributed by atoms with Crippen molar-refractivity contribution in [3.05, 3.63) is 66.9 Å². The quantitative estimate of drug-likeness (QED) is 0.700. The van der Waals surface area contributed by atoms with E-state index in [-0.39, 0.29) is 5.70 Å². The fourth-order valence-electron chi connectivity index (χ4n) is 2.94. The highest BCUT2D eigenvalue weighted by atomic mass is 16.5. The third-order valence-corrected chi connectivity index (χ3v) is 4.46. The third-order valence-electron chi connectivity index (χ3n) is 4.46. The maximum Gasteiger partial charge on any atom is 0.254 e. The number of carbonyl (C=O) groups excluding carboxylic acids is 1. The molecule has 1 heterocycles. The zero-order valence-corrected chi connectivity index (χ0v) is 15.0. The van der Waals surface area contributed by atoms with Crippen LogP contribution < -0.4 is 10.1 Å². The van der Waals surface area contributed by atoms with Gasteiger partial charge in [0.2, 0.25) is 0 Å². The van der Waals surface area contributed by atoms with Crippen LogP contribution in [0.3, 0.4) is 0 Å². The van der Waals surface area contributed by atoms with Gasteiger partial charge in [0.05, 0.1) is 0 Å². The summed E-state index contributed by atoms with van der Waals surface area (Å²) < 4.78 is 5.72. The summed E-state index contributed by atoms with van der Waals surface area (Å²) in [5, 5.41) is 23.3. The maximum absolute atomic E-state index is 12.2. The molecular weight excluding hydrogens is 344 g/mol. The Hall–Kier alpha value is -2.83. The molecular formula is C21H24N2O4. The summed E-state index contributed by atoms with van der Waals surface area (Å²) >= 11 is 0. The highest BCUT2D eigenvalue weighted by Gasteiger charge is 2.31. The first-order chi connectivity index (χ1) is 13.0. The first-order valence-electron chi connectivity index (χ1n) is 8.98. The maximum atomic E-state index is 12.2. The predicted octanol–water partition coefficient (Wildman–Crippen LogP) is 2.75. The third kappa shape index (κ3) is 4.87. The largest absolute Gasteiger partial charge is 0.457 e. The SMILES string of the molecule is C=C(Nc1ccc(Oc2ccccc2)cc1)[C@H](O)[C@@H](O)C(=O)N1CCCC1. The number of hydrogen-bond acceptors (Lipinski definition) is 5. The van der Waals surface area contributed by atoms with Crippen LogP contribution in [0.15, 0.2) is 66.9 Å². The molecule has 1 saturated heterocycles. The van der Waals surface area contributed by atoms with Crippen LogP contribution >= 0.6 is 0 Å². The average Bonchev–Trinajstić information content (AvgIpc) is 3.23. The van der Waals surface area contributed by atoms with Crippen molar-refractivity contribution < 1.29 is 19.7 Å². The number of nitrogens with zero attached hydrogens (tertiary/aromatic N) is 1.